The average Bonchev–Trinajstić information content (AvgIpc) is 3.48. The van der Waals surface area contributed by atoms with Crippen LogP contribution in [0.3, 0.4) is 0 Å². The smallest absolute Gasteiger partial charge is 0.247 e. The number of rotatable bonds is 8. The first-order valence-electron chi connectivity index (χ1n) is 10.1. The van der Waals surface area contributed by atoms with Crippen LogP contribution in [0.15, 0.2) is 52.9 Å². The van der Waals surface area contributed by atoms with E-state index in [9.17, 15) is 13.2 Å². The van der Waals surface area contributed by atoms with Crippen molar-refractivity contribution < 1.29 is 17.6 Å². The maximum absolute atomic E-state index is 13.2. The minimum absolute atomic E-state index is 0.0339. The Labute approximate surface area is 191 Å². The third-order valence-electron chi connectivity index (χ3n) is 5.23. The van der Waals surface area contributed by atoms with Gasteiger partial charge in [0.05, 0.1) is 18.5 Å². The number of aromatic nitrogens is 2. The molecule has 1 aliphatic carbocycles. The Morgan fingerprint density at radius 2 is 1.81 bits per heavy atom. The fourth-order valence-electron chi connectivity index (χ4n) is 3.42. The van der Waals surface area contributed by atoms with Crippen molar-refractivity contribution >= 4 is 33.2 Å². The topological polar surface area (TPSA) is 96.6 Å². The standard InChI is InChI=1S/C22H23ClN4O4S/c1-15-5-3-4-6-19(15)27(32(2,29)30)14-21(28)26(18-11-12-18)13-20-24-25-22(31-20)16-7-9-17(23)10-8-16/h3-10,18H,11-14H2,1-2H3. The number of anilines is 1. The second-order valence-corrected chi connectivity index (χ2v) is 10.2. The van der Waals surface area contributed by atoms with Crippen LogP contribution in [0, 0.1) is 6.92 Å². The highest BCUT2D eigenvalue weighted by molar-refractivity contribution is 7.92. The zero-order chi connectivity index (χ0) is 22.9. The summed E-state index contributed by atoms with van der Waals surface area (Å²) in [6.07, 6.45) is 2.81. The van der Waals surface area contributed by atoms with E-state index < -0.39 is 10.0 Å². The lowest BCUT2D eigenvalue weighted by Crippen LogP contribution is -2.43. The normalized spacial score (nSPS) is 13.7. The monoisotopic (exact) mass is 474 g/mol. The van der Waals surface area contributed by atoms with E-state index in [1.165, 1.54) is 0 Å². The van der Waals surface area contributed by atoms with Gasteiger partial charge in [0.2, 0.25) is 27.7 Å². The van der Waals surface area contributed by atoms with Gasteiger partial charge in [0.25, 0.3) is 0 Å². The Hall–Kier alpha value is -2.91. The Balaban J connectivity index is 1.53. The van der Waals surface area contributed by atoms with Crippen LogP contribution in [0.1, 0.15) is 24.3 Å². The minimum atomic E-state index is -3.66. The minimum Gasteiger partial charge on any atom is -0.419 e. The molecule has 2 aromatic carbocycles. The van der Waals surface area contributed by atoms with E-state index in [0.29, 0.717) is 16.6 Å². The van der Waals surface area contributed by atoms with Crippen molar-refractivity contribution in [1.29, 1.82) is 0 Å². The molecule has 1 aliphatic rings. The maximum atomic E-state index is 13.2. The highest BCUT2D eigenvalue weighted by Gasteiger charge is 2.35. The Bertz CT molecular complexity index is 1220. The van der Waals surface area contributed by atoms with Crippen molar-refractivity contribution in [3.05, 3.63) is 65.0 Å². The van der Waals surface area contributed by atoms with Gasteiger partial charge in [-0.1, -0.05) is 29.8 Å². The molecule has 1 fully saturated rings. The molecule has 1 amide bonds. The number of benzene rings is 2. The Morgan fingerprint density at radius 1 is 1.12 bits per heavy atom. The molecule has 1 heterocycles. The van der Waals surface area contributed by atoms with Gasteiger partial charge in [0.15, 0.2) is 0 Å². The SMILES string of the molecule is Cc1ccccc1N(CC(=O)N(Cc1nnc(-c2ccc(Cl)cc2)o1)C1CC1)S(C)(=O)=O. The van der Waals surface area contributed by atoms with Gasteiger partial charge in [-0.05, 0) is 55.7 Å². The van der Waals surface area contributed by atoms with Gasteiger partial charge in [-0.2, -0.15) is 0 Å². The summed E-state index contributed by atoms with van der Waals surface area (Å²) < 4.78 is 31.8. The number of hydrogen-bond donors (Lipinski definition) is 0. The molecule has 10 heteroatoms. The second-order valence-electron chi connectivity index (χ2n) is 7.82. The molecule has 32 heavy (non-hydrogen) atoms. The largest absolute Gasteiger partial charge is 0.419 e. The van der Waals surface area contributed by atoms with E-state index >= 15 is 0 Å². The van der Waals surface area contributed by atoms with Crippen molar-refractivity contribution in [2.75, 3.05) is 17.1 Å². The first-order valence-corrected chi connectivity index (χ1v) is 12.4. The molecule has 0 saturated heterocycles. The van der Waals surface area contributed by atoms with Crippen LogP contribution in [0.4, 0.5) is 5.69 Å². The summed E-state index contributed by atoms with van der Waals surface area (Å²) in [6, 6.07) is 14.1. The van der Waals surface area contributed by atoms with Gasteiger partial charge in [0.1, 0.15) is 6.54 Å². The van der Waals surface area contributed by atoms with Crippen molar-refractivity contribution in [2.24, 2.45) is 0 Å². The number of halogens is 1. The molecule has 0 atom stereocenters. The van der Waals surface area contributed by atoms with Crippen molar-refractivity contribution in [2.45, 2.75) is 32.4 Å². The van der Waals surface area contributed by atoms with E-state index in [0.717, 1.165) is 34.5 Å². The summed E-state index contributed by atoms with van der Waals surface area (Å²) in [6.45, 7) is 1.64. The number of nitrogens with zero attached hydrogens (tertiary/aromatic N) is 4. The van der Waals surface area contributed by atoms with Crippen molar-refractivity contribution in [3.63, 3.8) is 0 Å². The van der Waals surface area contributed by atoms with E-state index in [4.69, 9.17) is 16.0 Å². The quantitative estimate of drug-likeness (QED) is 0.494. The Morgan fingerprint density at radius 3 is 2.44 bits per heavy atom. The number of hydrogen-bond acceptors (Lipinski definition) is 6. The summed E-state index contributed by atoms with van der Waals surface area (Å²) in [5.41, 5.74) is 1.98. The number of aryl methyl sites for hydroxylation is 1. The molecule has 0 aliphatic heterocycles. The predicted molar refractivity (Wildman–Crippen MR) is 122 cm³/mol. The summed E-state index contributed by atoms with van der Waals surface area (Å²) in [4.78, 5) is 14.8. The lowest BCUT2D eigenvalue weighted by Gasteiger charge is -2.27. The summed E-state index contributed by atoms with van der Waals surface area (Å²) in [5, 5.41) is 8.74. The molecular weight excluding hydrogens is 452 g/mol. The second kappa shape index (κ2) is 8.91. The fraction of sp³-hybridized carbons (Fsp3) is 0.318. The van der Waals surface area contributed by atoms with Gasteiger partial charge >= 0.3 is 0 Å². The van der Waals surface area contributed by atoms with Gasteiger partial charge in [-0.3, -0.25) is 9.10 Å². The van der Waals surface area contributed by atoms with Gasteiger partial charge in [-0.25, -0.2) is 8.42 Å². The molecule has 8 nitrogen and oxygen atoms in total. The summed E-state index contributed by atoms with van der Waals surface area (Å²) >= 11 is 5.92. The van der Waals surface area contributed by atoms with Crippen LogP contribution in [-0.2, 0) is 21.4 Å². The van der Waals surface area contributed by atoms with Gasteiger partial charge in [0, 0.05) is 16.6 Å². The molecule has 1 aromatic heterocycles. The molecular formula is C22H23ClN4O4S. The van der Waals surface area contributed by atoms with Gasteiger partial charge in [-0.15, -0.1) is 10.2 Å². The third-order valence-corrected chi connectivity index (χ3v) is 6.61. The number of para-hydroxylation sites is 1. The van der Waals surface area contributed by atoms with Crippen molar-refractivity contribution in [3.8, 4) is 11.5 Å². The van der Waals surface area contributed by atoms with E-state index in [1.54, 1.807) is 41.3 Å². The van der Waals surface area contributed by atoms with Crippen LogP contribution in [0.25, 0.3) is 11.5 Å². The number of carbonyl (C=O) groups is 1. The van der Waals surface area contributed by atoms with Gasteiger partial charge < -0.3 is 9.32 Å². The Kier molecular flexibility index (Phi) is 6.21. The molecule has 4 rings (SSSR count). The molecule has 0 bridgehead atoms. The zero-order valence-electron chi connectivity index (χ0n) is 17.7. The van der Waals surface area contributed by atoms with Crippen LogP contribution in [0.2, 0.25) is 5.02 Å². The average molecular weight is 475 g/mol. The molecule has 0 radical (unpaired) electrons. The first kappa shape index (κ1) is 22.3. The number of amides is 1. The number of sulfonamides is 1. The lowest BCUT2D eigenvalue weighted by atomic mass is 10.2. The molecule has 0 spiro atoms. The van der Waals surface area contributed by atoms with E-state index in [1.807, 2.05) is 19.1 Å². The highest BCUT2D eigenvalue weighted by atomic mass is 35.5. The van der Waals surface area contributed by atoms with Crippen LogP contribution in [-0.4, -0.2) is 48.3 Å². The van der Waals surface area contributed by atoms with Crippen LogP contribution >= 0.6 is 11.6 Å². The molecule has 1 saturated carbocycles. The summed E-state index contributed by atoms with van der Waals surface area (Å²) in [5.74, 6) is 0.307. The summed E-state index contributed by atoms with van der Waals surface area (Å²) in [7, 11) is -3.66. The molecule has 168 valence electrons. The first-order chi connectivity index (χ1) is 15.2. The zero-order valence-corrected chi connectivity index (χ0v) is 19.3. The molecule has 0 unspecified atom stereocenters. The molecule has 0 N–H and O–H groups in total. The van der Waals surface area contributed by atoms with Crippen LogP contribution < -0.4 is 4.31 Å². The predicted octanol–water partition coefficient (Wildman–Crippen LogP) is 3.66. The molecule has 3 aromatic rings. The van der Waals surface area contributed by atoms with E-state index in [2.05, 4.69) is 10.2 Å². The fourth-order valence-corrected chi connectivity index (χ4v) is 4.45. The van der Waals surface area contributed by atoms with Crippen molar-refractivity contribution in [1.82, 2.24) is 15.1 Å². The lowest BCUT2D eigenvalue weighted by molar-refractivity contribution is -0.131. The maximum Gasteiger partial charge on any atom is 0.247 e. The van der Waals surface area contributed by atoms with Crippen LogP contribution in [0.5, 0.6) is 0 Å². The third kappa shape index (κ3) is 5.11. The number of carbonyl (C=O) groups excluding carboxylic acids is 1. The van der Waals surface area contributed by atoms with E-state index in [-0.39, 0.29) is 30.9 Å². The highest BCUT2D eigenvalue weighted by Crippen LogP contribution is 2.30.